The van der Waals surface area contributed by atoms with Gasteiger partial charge in [0.15, 0.2) is 5.43 Å². The van der Waals surface area contributed by atoms with Crippen LogP contribution in [0.1, 0.15) is 32.0 Å². The first-order valence-electron chi connectivity index (χ1n) is 8.16. The second kappa shape index (κ2) is 8.88. The van der Waals surface area contributed by atoms with Crippen LogP contribution in [0.4, 0.5) is 0 Å². The Hall–Kier alpha value is -1.18. The van der Waals surface area contributed by atoms with Gasteiger partial charge in [-0.15, -0.1) is 11.8 Å². The summed E-state index contributed by atoms with van der Waals surface area (Å²) in [5, 5.41) is 1.15. The van der Waals surface area contributed by atoms with E-state index in [0.29, 0.717) is 16.4 Å². The first-order valence-corrected chi connectivity index (χ1v) is 9.38. The second-order valence-electron chi connectivity index (χ2n) is 7.19. The van der Waals surface area contributed by atoms with Gasteiger partial charge in [-0.1, -0.05) is 33.4 Å². The third-order valence-corrected chi connectivity index (χ3v) is 5.34. The fourth-order valence-electron chi connectivity index (χ4n) is 3.10. The predicted molar refractivity (Wildman–Crippen MR) is 106 cm³/mol. The molecule has 3 aromatic rings. The molecule has 1 N–H and O–H groups in total. The van der Waals surface area contributed by atoms with Gasteiger partial charge >= 0.3 is 29.6 Å². The number of hydrogen-bond acceptors (Lipinski definition) is 5. The van der Waals surface area contributed by atoms with E-state index in [1.54, 1.807) is 11.8 Å². The van der Waals surface area contributed by atoms with E-state index in [9.17, 15) is 9.59 Å². The van der Waals surface area contributed by atoms with Crippen molar-refractivity contribution < 1.29 is 39.8 Å². The molecule has 7 heteroatoms. The topological polar surface area (TPSA) is 82.0 Å². The molecule has 0 aliphatic carbocycles. The third kappa shape index (κ3) is 4.15. The minimum absolute atomic E-state index is 0. The fourth-order valence-corrected chi connectivity index (χ4v) is 3.90. The standard InChI is InChI=1S/C20H21N2O2S.Na.H2O/c1-12-6-7-13-16(18(12)25-5)22(10-11-23)19-14(17(13)24)8-9-15(21-19)20(2,3)4;;/h6-9H,10H2,1-5H3;;1H2/q-1;+1;/p-1. The van der Waals surface area contributed by atoms with Crippen molar-refractivity contribution in [2.45, 2.75) is 44.6 Å². The van der Waals surface area contributed by atoms with Crippen molar-refractivity contribution in [2.75, 3.05) is 6.26 Å². The minimum Gasteiger partial charge on any atom is -0.870 e. The fraction of sp³-hybridized carbons (Fsp3) is 0.350. The molecule has 138 valence electrons. The van der Waals surface area contributed by atoms with Gasteiger partial charge in [-0.2, -0.15) is 0 Å². The van der Waals surface area contributed by atoms with Gasteiger partial charge in [0.25, 0.3) is 0 Å². The van der Waals surface area contributed by atoms with Crippen molar-refractivity contribution in [3.8, 4) is 0 Å². The number of carbonyl (C=O) groups excluding carboxylic acids is 1. The smallest absolute Gasteiger partial charge is 0.870 e. The summed E-state index contributed by atoms with van der Waals surface area (Å²) in [4.78, 5) is 30.0. The number of rotatable bonds is 3. The summed E-state index contributed by atoms with van der Waals surface area (Å²) in [7, 11) is 0. The van der Waals surface area contributed by atoms with Crippen LogP contribution in [-0.2, 0) is 16.8 Å². The van der Waals surface area contributed by atoms with Crippen molar-refractivity contribution in [3.63, 3.8) is 0 Å². The number of pyridine rings is 2. The van der Waals surface area contributed by atoms with E-state index in [2.05, 4.69) is 20.8 Å². The van der Waals surface area contributed by atoms with Crippen LogP contribution in [0.5, 0.6) is 0 Å². The van der Waals surface area contributed by atoms with Crippen molar-refractivity contribution in [3.05, 3.63) is 45.7 Å². The predicted octanol–water partition coefficient (Wildman–Crippen LogP) is 0.814. The molecule has 0 fully saturated rings. The van der Waals surface area contributed by atoms with Gasteiger partial charge in [0.05, 0.1) is 10.9 Å². The number of benzene rings is 1. The molecule has 0 unspecified atom stereocenters. The molecule has 5 nitrogen and oxygen atoms in total. The number of aromatic nitrogens is 2. The summed E-state index contributed by atoms with van der Waals surface area (Å²) < 4.78 is 1.83. The van der Waals surface area contributed by atoms with E-state index in [1.165, 1.54) is 0 Å². The molecule has 0 saturated heterocycles. The van der Waals surface area contributed by atoms with Crippen LogP contribution in [0.25, 0.3) is 21.9 Å². The van der Waals surface area contributed by atoms with Crippen molar-refractivity contribution in [1.82, 2.24) is 9.55 Å². The number of nitrogens with zero attached hydrogens (tertiary/aromatic N) is 2. The van der Waals surface area contributed by atoms with Crippen LogP contribution in [-0.4, -0.2) is 27.6 Å². The minimum atomic E-state index is -0.149. The normalized spacial score (nSPS) is 11.1. The molecule has 0 atom stereocenters. The summed E-state index contributed by atoms with van der Waals surface area (Å²) >= 11 is 1.57. The Morgan fingerprint density at radius 3 is 2.33 bits per heavy atom. The third-order valence-electron chi connectivity index (χ3n) is 4.41. The molecule has 0 aliphatic heterocycles. The maximum atomic E-state index is 13.0. The van der Waals surface area contributed by atoms with Gasteiger partial charge in [-0.3, -0.25) is 4.79 Å². The number of aryl methyl sites for hydroxylation is 1. The molecule has 0 amide bonds. The Bertz CT molecular complexity index is 1060. The first kappa shape index (κ1) is 23.9. The Balaban J connectivity index is 0.00000182. The number of fused-ring (bicyclic) bond motifs is 2. The van der Waals surface area contributed by atoms with Crippen molar-refractivity contribution in [1.29, 1.82) is 0 Å². The van der Waals surface area contributed by atoms with E-state index in [4.69, 9.17) is 4.98 Å². The summed E-state index contributed by atoms with van der Waals surface area (Å²) in [5.41, 5.74) is 3.09. The molecule has 3 rings (SSSR count). The second-order valence-corrected chi connectivity index (χ2v) is 8.01. The summed E-state index contributed by atoms with van der Waals surface area (Å²) in [6, 6.07) is 7.51. The zero-order valence-corrected chi connectivity index (χ0v) is 19.4. The van der Waals surface area contributed by atoms with E-state index < -0.39 is 0 Å². The Labute approximate surface area is 185 Å². The van der Waals surface area contributed by atoms with Gasteiger partial charge in [-0.25, -0.2) is 11.3 Å². The SMILES string of the molecule is CSc1c(C)ccc2c(=O)c3ccc(C(C)(C)C)nc3n(C[C-]=O)c12.[Na+].[OH-]. The largest absolute Gasteiger partial charge is 1.00 e. The quantitative estimate of drug-likeness (QED) is 0.285. The van der Waals surface area contributed by atoms with Gasteiger partial charge in [0.2, 0.25) is 0 Å². The first-order chi connectivity index (χ1) is 11.8. The molecule has 27 heavy (non-hydrogen) atoms. The van der Waals surface area contributed by atoms with E-state index in [-0.39, 0.29) is 52.4 Å². The van der Waals surface area contributed by atoms with Gasteiger partial charge < -0.3 is 14.8 Å². The molecule has 0 aliphatic rings. The maximum Gasteiger partial charge on any atom is 1.00 e. The molecular formula is C20H22N2NaO3S-. The molecule has 0 spiro atoms. The van der Waals surface area contributed by atoms with E-state index >= 15 is 0 Å². The van der Waals surface area contributed by atoms with E-state index in [1.807, 2.05) is 48.3 Å². The average Bonchev–Trinajstić information content (AvgIpc) is 2.57. The van der Waals surface area contributed by atoms with Crippen LogP contribution in [0.15, 0.2) is 34.0 Å². The van der Waals surface area contributed by atoms with Crippen LogP contribution < -0.4 is 35.0 Å². The Morgan fingerprint density at radius 2 is 1.78 bits per heavy atom. The molecule has 1 aromatic carbocycles. The van der Waals surface area contributed by atoms with Gasteiger partial charge in [0, 0.05) is 21.4 Å². The van der Waals surface area contributed by atoms with Crippen LogP contribution in [0.2, 0.25) is 0 Å². The van der Waals surface area contributed by atoms with Crippen molar-refractivity contribution >= 4 is 40.0 Å². The van der Waals surface area contributed by atoms with Gasteiger partial charge in [-0.05, 0) is 36.9 Å². The number of thioether (sulfide) groups is 1. The Kier molecular flexibility index (Phi) is 7.85. The zero-order valence-electron chi connectivity index (χ0n) is 16.6. The van der Waals surface area contributed by atoms with Crippen LogP contribution in [0.3, 0.4) is 0 Å². The maximum absolute atomic E-state index is 13.0. The van der Waals surface area contributed by atoms with Crippen LogP contribution in [0, 0.1) is 6.92 Å². The monoisotopic (exact) mass is 393 g/mol. The molecule has 0 bridgehead atoms. The summed E-state index contributed by atoms with van der Waals surface area (Å²) in [5.74, 6) is 0. The summed E-state index contributed by atoms with van der Waals surface area (Å²) in [6.45, 7) is 8.29. The van der Waals surface area contributed by atoms with Crippen molar-refractivity contribution in [2.24, 2.45) is 0 Å². The molecule has 0 saturated carbocycles. The van der Waals surface area contributed by atoms with Gasteiger partial charge in [0.1, 0.15) is 5.65 Å². The Morgan fingerprint density at radius 1 is 1.15 bits per heavy atom. The summed E-state index contributed by atoms with van der Waals surface area (Å²) in [6.07, 6.45) is 3.95. The zero-order chi connectivity index (χ0) is 18.4. The van der Waals surface area contributed by atoms with Crippen LogP contribution >= 0.6 is 11.8 Å². The molecule has 2 heterocycles. The molecule has 2 aromatic heterocycles. The average molecular weight is 393 g/mol. The molecule has 0 radical (unpaired) electrons. The molecular weight excluding hydrogens is 371 g/mol. The van der Waals surface area contributed by atoms with E-state index in [0.717, 1.165) is 21.7 Å². The number of hydrogen-bond donors (Lipinski definition) is 0.